The molecule has 2 atom stereocenters. The van der Waals surface area contributed by atoms with Crippen LogP contribution in [0.5, 0.6) is 0 Å². The summed E-state index contributed by atoms with van der Waals surface area (Å²) in [4.78, 5) is 38.6. The number of hydrogen-bond donors (Lipinski definition) is 2. The normalized spacial score (nSPS) is 17.9. The molecule has 2 amide bonds. The number of carboxylic acid groups (broad SMARTS) is 1. The molecule has 196 valence electrons. The quantitative estimate of drug-likeness (QED) is 0.447. The zero-order valence-corrected chi connectivity index (χ0v) is 20.9. The minimum absolute atomic E-state index is 0.0418. The first kappa shape index (κ1) is 25.5. The van der Waals surface area contributed by atoms with Crippen LogP contribution in [0.3, 0.4) is 0 Å². The largest absolute Gasteiger partial charge is 0.480 e. The van der Waals surface area contributed by atoms with E-state index >= 15 is 0 Å². The van der Waals surface area contributed by atoms with Crippen LogP contribution < -0.4 is 5.32 Å². The molecule has 0 radical (unpaired) electrons. The lowest BCUT2D eigenvalue weighted by molar-refractivity contribution is -0.150. The van der Waals surface area contributed by atoms with Crippen molar-refractivity contribution in [2.75, 3.05) is 26.3 Å². The molecule has 0 aromatic heterocycles. The molecule has 1 aliphatic heterocycles. The standard InChI is InChI=1S/C30H30N2O6/c33-27(34)18-32(17-20-8-2-1-3-9-20)29(35)28-21(14-15-37-28)16-31-30(36)38-19-26-24-12-6-4-10-22(24)23-11-5-7-13-25(23)26/h1-13,21,26,28H,14-19H2,(H,31,36)(H,33,34). The van der Waals surface area contributed by atoms with E-state index < -0.39 is 30.6 Å². The summed E-state index contributed by atoms with van der Waals surface area (Å²) < 4.78 is 11.3. The van der Waals surface area contributed by atoms with Crippen molar-refractivity contribution in [1.29, 1.82) is 0 Å². The molecule has 2 unspecified atom stereocenters. The van der Waals surface area contributed by atoms with Crippen LogP contribution in [0.1, 0.15) is 29.0 Å². The highest BCUT2D eigenvalue weighted by Gasteiger charge is 2.38. The Kier molecular flexibility index (Phi) is 7.70. The van der Waals surface area contributed by atoms with Gasteiger partial charge >= 0.3 is 12.1 Å². The molecule has 0 spiro atoms. The number of ether oxygens (including phenoxy) is 2. The van der Waals surface area contributed by atoms with Gasteiger partial charge in [0.15, 0.2) is 0 Å². The van der Waals surface area contributed by atoms with Gasteiger partial charge in [0.2, 0.25) is 0 Å². The predicted molar refractivity (Wildman–Crippen MR) is 140 cm³/mol. The second-order valence-corrected chi connectivity index (χ2v) is 9.62. The SMILES string of the molecule is O=C(O)CN(Cc1ccccc1)C(=O)C1OCCC1CNC(=O)OCC1c2ccccc2-c2ccccc21. The van der Waals surface area contributed by atoms with Gasteiger partial charge in [0, 0.05) is 31.5 Å². The van der Waals surface area contributed by atoms with Gasteiger partial charge in [0.1, 0.15) is 19.3 Å². The number of aliphatic carboxylic acids is 1. The topological polar surface area (TPSA) is 105 Å². The van der Waals surface area contributed by atoms with Crippen LogP contribution in [0.15, 0.2) is 78.9 Å². The number of rotatable bonds is 9. The van der Waals surface area contributed by atoms with E-state index in [1.54, 1.807) is 0 Å². The fourth-order valence-electron chi connectivity index (χ4n) is 5.34. The first-order chi connectivity index (χ1) is 18.5. The summed E-state index contributed by atoms with van der Waals surface area (Å²) in [6.07, 6.45) is -0.810. The van der Waals surface area contributed by atoms with Crippen molar-refractivity contribution in [3.8, 4) is 11.1 Å². The Bertz CT molecular complexity index is 1270. The molecule has 0 saturated carbocycles. The fourth-order valence-corrected chi connectivity index (χ4v) is 5.34. The molecule has 0 bridgehead atoms. The Hall–Kier alpha value is -4.17. The number of carbonyl (C=O) groups excluding carboxylic acids is 2. The molecule has 5 rings (SSSR count). The van der Waals surface area contributed by atoms with Crippen molar-refractivity contribution in [3.05, 3.63) is 95.6 Å². The predicted octanol–water partition coefficient (Wildman–Crippen LogP) is 4.04. The number of alkyl carbamates (subject to hydrolysis) is 1. The minimum atomic E-state index is -1.10. The minimum Gasteiger partial charge on any atom is -0.480 e. The Morgan fingerprint density at radius 1 is 0.921 bits per heavy atom. The third-order valence-corrected chi connectivity index (χ3v) is 7.16. The molecule has 1 aliphatic carbocycles. The second kappa shape index (κ2) is 11.5. The molecular weight excluding hydrogens is 484 g/mol. The second-order valence-electron chi connectivity index (χ2n) is 9.62. The molecule has 3 aromatic rings. The highest BCUT2D eigenvalue weighted by atomic mass is 16.5. The molecule has 1 heterocycles. The summed E-state index contributed by atoms with van der Waals surface area (Å²) in [6, 6.07) is 25.5. The van der Waals surface area contributed by atoms with E-state index in [9.17, 15) is 19.5 Å². The molecular formula is C30H30N2O6. The number of fused-ring (bicyclic) bond motifs is 3. The number of nitrogens with zero attached hydrogens (tertiary/aromatic N) is 1. The van der Waals surface area contributed by atoms with Crippen molar-refractivity contribution in [3.63, 3.8) is 0 Å². The van der Waals surface area contributed by atoms with Gasteiger partial charge in [-0.2, -0.15) is 0 Å². The van der Waals surface area contributed by atoms with Crippen LogP contribution in [0.4, 0.5) is 4.79 Å². The highest BCUT2D eigenvalue weighted by Crippen LogP contribution is 2.44. The highest BCUT2D eigenvalue weighted by molar-refractivity contribution is 5.85. The monoisotopic (exact) mass is 514 g/mol. The molecule has 8 heteroatoms. The van der Waals surface area contributed by atoms with E-state index in [1.165, 1.54) is 4.90 Å². The summed E-state index contributed by atoms with van der Waals surface area (Å²) in [5.74, 6) is -1.82. The Balaban J connectivity index is 1.18. The van der Waals surface area contributed by atoms with Crippen LogP contribution in [0, 0.1) is 5.92 Å². The zero-order valence-electron chi connectivity index (χ0n) is 20.9. The molecule has 2 aliphatic rings. The van der Waals surface area contributed by atoms with Crippen molar-refractivity contribution in [2.45, 2.75) is 25.0 Å². The van der Waals surface area contributed by atoms with Crippen LogP contribution >= 0.6 is 0 Å². The van der Waals surface area contributed by atoms with Gasteiger partial charge < -0.3 is 24.8 Å². The maximum absolute atomic E-state index is 13.3. The summed E-state index contributed by atoms with van der Waals surface area (Å²) in [6.45, 7) is 0.490. The Morgan fingerprint density at radius 2 is 1.55 bits per heavy atom. The number of hydrogen-bond acceptors (Lipinski definition) is 5. The molecule has 1 fully saturated rings. The lowest BCUT2D eigenvalue weighted by Crippen LogP contribution is -2.46. The van der Waals surface area contributed by atoms with Crippen LogP contribution in [-0.4, -0.2) is 60.4 Å². The van der Waals surface area contributed by atoms with E-state index in [0.29, 0.717) is 13.0 Å². The van der Waals surface area contributed by atoms with E-state index in [-0.39, 0.29) is 31.5 Å². The average Bonchev–Trinajstić information content (AvgIpc) is 3.53. The third-order valence-electron chi connectivity index (χ3n) is 7.16. The molecule has 38 heavy (non-hydrogen) atoms. The lowest BCUT2D eigenvalue weighted by atomic mass is 9.98. The van der Waals surface area contributed by atoms with E-state index in [1.807, 2.05) is 54.6 Å². The molecule has 3 aromatic carbocycles. The summed E-state index contributed by atoms with van der Waals surface area (Å²) >= 11 is 0. The molecule has 8 nitrogen and oxygen atoms in total. The Morgan fingerprint density at radius 3 is 2.21 bits per heavy atom. The number of benzene rings is 3. The van der Waals surface area contributed by atoms with Crippen LogP contribution in [0.25, 0.3) is 11.1 Å². The van der Waals surface area contributed by atoms with Gasteiger partial charge in [-0.15, -0.1) is 0 Å². The first-order valence-corrected chi connectivity index (χ1v) is 12.8. The van der Waals surface area contributed by atoms with E-state index in [2.05, 4.69) is 29.6 Å². The summed E-state index contributed by atoms with van der Waals surface area (Å²) in [5.41, 5.74) is 5.40. The third kappa shape index (κ3) is 5.55. The molecule has 2 N–H and O–H groups in total. The van der Waals surface area contributed by atoms with Gasteiger partial charge in [0.05, 0.1) is 0 Å². The van der Waals surface area contributed by atoms with E-state index in [4.69, 9.17) is 9.47 Å². The lowest BCUT2D eigenvalue weighted by Gasteiger charge is -2.26. The van der Waals surface area contributed by atoms with Crippen molar-refractivity contribution in [1.82, 2.24) is 10.2 Å². The van der Waals surface area contributed by atoms with Crippen LogP contribution in [0.2, 0.25) is 0 Å². The van der Waals surface area contributed by atoms with Gasteiger partial charge in [-0.1, -0.05) is 78.9 Å². The summed E-state index contributed by atoms with van der Waals surface area (Å²) in [7, 11) is 0. The van der Waals surface area contributed by atoms with Crippen molar-refractivity contribution in [2.24, 2.45) is 5.92 Å². The number of carboxylic acids is 1. The smallest absolute Gasteiger partial charge is 0.407 e. The number of amides is 2. The Labute approximate surface area is 221 Å². The van der Waals surface area contributed by atoms with Crippen molar-refractivity contribution >= 4 is 18.0 Å². The number of carbonyl (C=O) groups is 3. The molecule has 1 saturated heterocycles. The fraction of sp³-hybridized carbons (Fsp3) is 0.300. The maximum Gasteiger partial charge on any atom is 0.407 e. The van der Waals surface area contributed by atoms with Gasteiger partial charge in [-0.05, 0) is 34.2 Å². The van der Waals surface area contributed by atoms with Crippen LogP contribution in [-0.2, 0) is 25.6 Å². The first-order valence-electron chi connectivity index (χ1n) is 12.8. The zero-order chi connectivity index (χ0) is 26.5. The van der Waals surface area contributed by atoms with Gasteiger partial charge in [-0.25, -0.2) is 4.79 Å². The summed E-state index contributed by atoms with van der Waals surface area (Å²) in [5, 5.41) is 12.1. The average molecular weight is 515 g/mol. The maximum atomic E-state index is 13.3. The van der Waals surface area contributed by atoms with Gasteiger partial charge in [-0.3, -0.25) is 9.59 Å². The van der Waals surface area contributed by atoms with Crippen molar-refractivity contribution < 1.29 is 29.0 Å². The number of nitrogens with one attached hydrogen (secondary N) is 1. The van der Waals surface area contributed by atoms with E-state index in [0.717, 1.165) is 27.8 Å². The van der Waals surface area contributed by atoms with Gasteiger partial charge in [0.25, 0.3) is 5.91 Å².